The van der Waals surface area contributed by atoms with Crippen LogP contribution in [0.3, 0.4) is 0 Å². The van der Waals surface area contributed by atoms with Crippen molar-refractivity contribution in [3.63, 3.8) is 0 Å². The minimum Gasteiger partial charge on any atom is -0.348 e. The molecule has 0 unspecified atom stereocenters. The summed E-state index contributed by atoms with van der Waals surface area (Å²) in [6.07, 6.45) is -4.23. The van der Waals surface area contributed by atoms with Crippen LogP contribution in [0, 0.1) is 10.1 Å². The maximum atomic E-state index is 13.9. The number of para-hydroxylation sites is 2. The van der Waals surface area contributed by atoms with Crippen LogP contribution < -0.4 is 5.32 Å². The number of hydrogen-bond donors (Lipinski definition) is 1. The summed E-state index contributed by atoms with van der Waals surface area (Å²) in [5.74, 6) is -0.998. The third-order valence-corrected chi connectivity index (χ3v) is 5.08. The molecule has 0 saturated carbocycles. The summed E-state index contributed by atoms with van der Waals surface area (Å²) in [7, 11) is 0. The van der Waals surface area contributed by atoms with Gasteiger partial charge in [-0.25, -0.2) is 4.68 Å². The molecule has 34 heavy (non-hydrogen) atoms. The van der Waals surface area contributed by atoms with Gasteiger partial charge in [0.15, 0.2) is 5.69 Å². The lowest BCUT2D eigenvalue weighted by Gasteiger charge is -2.13. The van der Waals surface area contributed by atoms with Gasteiger partial charge in [0.1, 0.15) is 5.69 Å². The predicted octanol–water partition coefficient (Wildman–Crippen LogP) is 5.40. The quantitative estimate of drug-likeness (QED) is 0.305. The smallest absolute Gasteiger partial charge is 0.348 e. The molecule has 3 aromatic carbocycles. The Labute approximate surface area is 191 Å². The molecule has 0 radical (unpaired) electrons. The molecule has 0 atom stereocenters. The van der Waals surface area contributed by atoms with Gasteiger partial charge in [0.05, 0.1) is 16.7 Å². The summed E-state index contributed by atoms with van der Waals surface area (Å²) in [6, 6.07) is 21.6. The number of rotatable bonds is 6. The van der Waals surface area contributed by atoms with Crippen molar-refractivity contribution in [3.8, 4) is 16.8 Å². The van der Waals surface area contributed by atoms with Crippen LogP contribution in [0.5, 0.6) is 0 Å². The van der Waals surface area contributed by atoms with Gasteiger partial charge in [-0.2, -0.15) is 18.3 Å². The molecule has 1 heterocycles. The van der Waals surface area contributed by atoms with Crippen LogP contribution in [0.4, 0.5) is 18.9 Å². The Hall–Kier alpha value is -4.47. The van der Waals surface area contributed by atoms with Crippen molar-refractivity contribution >= 4 is 11.6 Å². The van der Waals surface area contributed by atoms with Crippen molar-refractivity contribution in [1.82, 2.24) is 15.1 Å². The minimum atomic E-state index is -4.99. The lowest BCUT2D eigenvalue weighted by atomic mass is 10.0. The van der Waals surface area contributed by atoms with Gasteiger partial charge < -0.3 is 5.32 Å². The molecule has 1 N–H and O–H groups in total. The van der Waals surface area contributed by atoms with E-state index in [0.29, 0.717) is 10.2 Å². The van der Waals surface area contributed by atoms with Crippen LogP contribution in [0.15, 0.2) is 85.1 Å². The monoisotopic (exact) mass is 466 g/mol. The Balaban J connectivity index is 1.62. The van der Waals surface area contributed by atoms with E-state index in [9.17, 15) is 28.1 Å². The first-order valence-corrected chi connectivity index (χ1v) is 10.1. The molecule has 0 saturated heterocycles. The molecule has 0 aliphatic carbocycles. The molecule has 1 amide bonds. The van der Waals surface area contributed by atoms with Crippen LogP contribution in [0.1, 0.15) is 21.6 Å². The molecule has 0 bridgehead atoms. The summed E-state index contributed by atoms with van der Waals surface area (Å²) in [6.45, 7) is -0.0204. The number of nitro benzene ring substituents is 1. The molecule has 0 spiro atoms. The third kappa shape index (κ3) is 4.65. The van der Waals surface area contributed by atoms with E-state index in [1.54, 1.807) is 12.1 Å². The molecule has 4 rings (SSSR count). The maximum absolute atomic E-state index is 13.9. The van der Waals surface area contributed by atoms with Crippen LogP contribution in [-0.2, 0) is 12.7 Å². The number of nitrogens with zero attached hydrogens (tertiary/aromatic N) is 3. The van der Waals surface area contributed by atoms with E-state index in [2.05, 4.69) is 10.4 Å². The molecule has 4 aromatic rings. The lowest BCUT2D eigenvalue weighted by molar-refractivity contribution is -0.384. The zero-order valence-corrected chi connectivity index (χ0v) is 17.5. The zero-order chi connectivity index (χ0) is 24.3. The van der Waals surface area contributed by atoms with Gasteiger partial charge in [-0.3, -0.25) is 14.9 Å². The lowest BCUT2D eigenvalue weighted by Crippen LogP contribution is -2.26. The highest BCUT2D eigenvalue weighted by atomic mass is 19.4. The number of benzene rings is 3. The van der Waals surface area contributed by atoms with E-state index in [0.717, 1.165) is 29.5 Å². The second-order valence-corrected chi connectivity index (χ2v) is 7.31. The number of aromatic nitrogens is 2. The first kappa shape index (κ1) is 22.7. The van der Waals surface area contributed by atoms with Gasteiger partial charge in [0.25, 0.3) is 11.6 Å². The second-order valence-electron chi connectivity index (χ2n) is 7.31. The van der Waals surface area contributed by atoms with Crippen molar-refractivity contribution in [3.05, 3.63) is 112 Å². The van der Waals surface area contributed by atoms with Gasteiger partial charge in [-0.05, 0) is 28.8 Å². The van der Waals surface area contributed by atoms with Gasteiger partial charge in [0, 0.05) is 12.6 Å². The molecule has 0 aliphatic rings. The van der Waals surface area contributed by atoms with Crippen LogP contribution in [0.25, 0.3) is 16.8 Å². The number of halogens is 3. The number of nitrogens with one attached hydrogen (secondary N) is 1. The predicted molar refractivity (Wildman–Crippen MR) is 118 cm³/mol. The topological polar surface area (TPSA) is 90.1 Å². The fourth-order valence-electron chi connectivity index (χ4n) is 3.54. The summed E-state index contributed by atoms with van der Waals surface area (Å²) in [5.41, 5.74) is -0.542. The van der Waals surface area contributed by atoms with E-state index >= 15 is 0 Å². The number of carbonyl (C=O) groups is 1. The Bertz CT molecular complexity index is 1350. The standard InChI is InChI=1S/C24H17F3N4O3/c25-24(26,27)22-19(15-29-30(22)20-11-4-5-12-21(20)31(33)34)23(32)28-14-16-7-6-10-18(13-16)17-8-2-1-3-9-17/h1-13,15H,14H2,(H,28,32). The molecular formula is C24H17F3N4O3. The van der Waals surface area contributed by atoms with E-state index in [1.807, 2.05) is 42.5 Å². The first-order valence-electron chi connectivity index (χ1n) is 10.1. The Morgan fingerprint density at radius 2 is 1.65 bits per heavy atom. The zero-order valence-electron chi connectivity index (χ0n) is 17.5. The van der Waals surface area contributed by atoms with Crippen molar-refractivity contribution in [2.24, 2.45) is 0 Å². The van der Waals surface area contributed by atoms with E-state index in [-0.39, 0.29) is 6.54 Å². The highest BCUT2D eigenvalue weighted by Crippen LogP contribution is 2.35. The number of carbonyl (C=O) groups excluding carboxylic acids is 1. The average Bonchev–Trinajstić information content (AvgIpc) is 3.29. The van der Waals surface area contributed by atoms with Gasteiger partial charge >= 0.3 is 6.18 Å². The van der Waals surface area contributed by atoms with Crippen LogP contribution in [-0.4, -0.2) is 20.6 Å². The third-order valence-electron chi connectivity index (χ3n) is 5.08. The van der Waals surface area contributed by atoms with E-state index in [4.69, 9.17) is 0 Å². The summed E-state index contributed by atoms with van der Waals surface area (Å²) in [4.78, 5) is 23.2. The Kier molecular flexibility index (Phi) is 6.13. The summed E-state index contributed by atoms with van der Waals surface area (Å²) >= 11 is 0. The average molecular weight is 466 g/mol. The van der Waals surface area contributed by atoms with E-state index in [1.165, 1.54) is 12.1 Å². The molecule has 7 nitrogen and oxygen atoms in total. The Morgan fingerprint density at radius 3 is 2.35 bits per heavy atom. The summed E-state index contributed by atoms with van der Waals surface area (Å²) in [5, 5.41) is 17.4. The van der Waals surface area contributed by atoms with Crippen LogP contribution >= 0.6 is 0 Å². The fraction of sp³-hybridized carbons (Fsp3) is 0.0833. The summed E-state index contributed by atoms with van der Waals surface area (Å²) < 4.78 is 42.1. The normalized spacial score (nSPS) is 11.3. The molecular weight excluding hydrogens is 449 g/mol. The molecule has 0 aliphatic heterocycles. The molecule has 0 fully saturated rings. The maximum Gasteiger partial charge on any atom is 0.434 e. The largest absolute Gasteiger partial charge is 0.434 e. The van der Waals surface area contributed by atoms with Gasteiger partial charge in [0.2, 0.25) is 0 Å². The molecule has 1 aromatic heterocycles. The van der Waals surface area contributed by atoms with Crippen LogP contribution in [0.2, 0.25) is 0 Å². The highest BCUT2D eigenvalue weighted by molar-refractivity contribution is 5.95. The SMILES string of the molecule is O=C(NCc1cccc(-c2ccccc2)c1)c1cnn(-c2ccccc2[N+](=O)[O-])c1C(F)(F)F. The van der Waals surface area contributed by atoms with Crippen molar-refractivity contribution in [2.75, 3.05) is 0 Å². The fourth-order valence-corrected chi connectivity index (χ4v) is 3.54. The van der Waals surface area contributed by atoms with Crippen molar-refractivity contribution < 1.29 is 22.9 Å². The van der Waals surface area contributed by atoms with E-state index < -0.39 is 39.6 Å². The number of nitro groups is 1. The number of hydrogen-bond acceptors (Lipinski definition) is 4. The van der Waals surface area contributed by atoms with Gasteiger partial charge in [-0.15, -0.1) is 0 Å². The number of alkyl halides is 3. The highest BCUT2D eigenvalue weighted by Gasteiger charge is 2.41. The number of amides is 1. The second kappa shape index (κ2) is 9.18. The first-order chi connectivity index (χ1) is 16.3. The minimum absolute atomic E-state index is 0.0204. The van der Waals surface area contributed by atoms with Crippen molar-refractivity contribution in [1.29, 1.82) is 0 Å². The molecule has 10 heteroatoms. The van der Waals surface area contributed by atoms with Gasteiger partial charge in [-0.1, -0.05) is 60.7 Å². The molecule has 172 valence electrons. The Morgan fingerprint density at radius 1 is 0.971 bits per heavy atom. The van der Waals surface area contributed by atoms with Crippen molar-refractivity contribution in [2.45, 2.75) is 12.7 Å².